The first kappa shape index (κ1) is 14.7. The van der Waals surface area contributed by atoms with Crippen LogP contribution in [-0.2, 0) is 0 Å². The predicted octanol–water partition coefficient (Wildman–Crippen LogP) is 5.96. The van der Waals surface area contributed by atoms with E-state index in [4.69, 9.17) is 0 Å². The third-order valence-corrected chi connectivity index (χ3v) is 5.32. The van der Waals surface area contributed by atoms with Gasteiger partial charge in [-0.05, 0) is 60.4 Å². The fourth-order valence-corrected chi connectivity index (χ4v) is 4.13. The van der Waals surface area contributed by atoms with E-state index in [1.54, 1.807) is 5.57 Å². The summed E-state index contributed by atoms with van der Waals surface area (Å²) in [4.78, 5) is 1.53. The van der Waals surface area contributed by atoms with E-state index in [0.717, 1.165) is 0 Å². The molecule has 1 aromatic rings. The lowest BCUT2D eigenvalue weighted by atomic mass is 9.84. The van der Waals surface area contributed by atoms with Crippen molar-refractivity contribution in [1.82, 2.24) is 0 Å². The van der Waals surface area contributed by atoms with Gasteiger partial charge in [-0.3, -0.25) is 0 Å². The normalized spacial score (nSPS) is 18.8. The summed E-state index contributed by atoms with van der Waals surface area (Å²) in [5.41, 5.74) is 7.52. The molecular weight excluding hydrogens is 248 g/mol. The second-order valence-corrected chi connectivity index (χ2v) is 7.75. The quantitative estimate of drug-likeness (QED) is 0.641. The van der Waals surface area contributed by atoms with Crippen LogP contribution in [-0.4, -0.2) is 5.25 Å². The molecule has 1 atom stereocenters. The Kier molecular flexibility index (Phi) is 4.15. The lowest BCUT2D eigenvalue weighted by molar-refractivity contribution is 0.813. The average molecular weight is 274 g/mol. The van der Waals surface area contributed by atoms with Gasteiger partial charge in [0.25, 0.3) is 0 Å². The zero-order valence-corrected chi connectivity index (χ0v) is 14.1. The van der Waals surface area contributed by atoms with E-state index < -0.39 is 0 Å². The Morgan fingerprint density at radius 1 is 1.05 bits per heavy atom. The molecule has 1 heteroatoms. The van der Waals surface area contributed by atoms with Crippen molar-refractivity contribution >= 4 is 17.3 Å². The molecule has 0 aliphatic carbocycles. The molecule has 1 heterocycles. The number of rotatable bonds is 2. The highest BCUT2D eigenvalue weighted by Crippen LogP contribution is 2.46. The molecule has 0 radical (unpaired) electrons. The molecule has 0 saturated carbocycles. The van der Waals surface area contributed by atoms with Crippen LogP contribution in [0.25, 0.3) is 5.57 Å². The van der Waals surface area contributed by atoms with E-state index in [0.29, 0.717) is 17.1 Å². The summed E-state index contributed by atoms with van der Waals surface area (Å²) >= 11 is 2.03. The van der Waals surface area contributed by atoms with E-state index in [2.05, 4.69) is 60.6 Å². The number of aryl methyl sites for hydroxylation is 1. The lowest BCUT2D eigenvalue weighted by Crippen LogP contribution is -2.12. The summed E-state index contributed by atoms with van der Waals surface area (Å²) in [6.07, 6.45) is 2.47. The first-order chi connectivity index (χ1) is 8.82. The van der Waals surface area contributed by atoms with Crippen LogP contribution in [0.5, 0.6) is 0 Å². The summed E-state index contributed by atoms with van der Waals surface area (Å²) in [5.74, 6) is 1.19. The molecule has 0 spiro atoms. The third kappa shape index (κ3) is 2.63. The van der Waals surface area contributed by atoms with E-state index in [1.165, 1.54) is 27.1 Å². The molecule has 0 bridgehead atoms. The zero-order chi connectivity index (χ0) is 14.3. The van der Waals surface area contributed by atoms with E-state index in [9.17, 15) is 0 Å². The number of allylic oxidation sites excluding steroid dienone is 1. The van der Waals surface area contributed by atoms with Gasteiger partial charge in [-0.25, -0.2) is 0 Å². The number of hydrogen-bond acceptors (Lipinski definition) is 1. The van der Waals surface area contributed by atoms with Crippen molar-refractivity contribution in [3.05, 3.63) is 34.4 Å². The van der Waals surface area contributed by atoms with Crippen molar-refractivity contribution in [2.45, 2.75) is 64.5 Å². The molecule has 1 aliphatic heterocycles. The van der Waals surface area contributed by atoms with Gasteiger partial charge in [-0.1, -0.05) is 39.8 Å². The van der Waals surface area contributed by atoms with E-state index in [-0.39, 0.29) is 0 Å². The second kappa shape index (κ2) is 5.36. The van der Waals surface area contributed by atoms with Crippen LogP contribution in [0.2, 0.25) is 0 Å². The summed E-state index contributed by atoms with van der Waals surface area (Å²) in [6.45, 7) is 16.1. The van der Waals surface area contributed by atoms with Gasteiger partial charge in [0.05, 0.1) is 0 Å². The summed E-state index contributed by atoms with van der Waals surface area (Å²) in [5, 5.41) is 0.588. The van der Waals surface area contributed by atoms with Crippen LogP contribution >= 0.6 is 11.8 Å². The topological polar surface area (TPSA) is 0 Å². The minimum absolute atomic E-state index is 0.587. The Morgan fingerprint density at radius 3 is 2.21 bits per heavy atom. The second-order valence-electron chi connectivity index (χ2n) is 6.37. The molecule has 104 valence electrons. The molecule has 19 heavy (non-hydrogen) atoms. The van der Waals surface area contributed by atoms with Crippen LogP contribution in [0.15, 0.2) is 17.0 Å². The molecule has 0 fully saturated rings. The van der Waals surface area contributed by atoms with Crippen LogP contribution in [0, 0.1) is 19.8 Å². The summed E-state index contributed by atoms with van der Waals surface area (Å²) in [7, 11) is 0. The minimum Gasteiger partial charge on any atom is -0.118 e. The highest BCUT2D eigenvalue weighted by molar-refractivity contribution is 8.00. The van der Waals surface area contributed by atoms with Gasteiger partial charge in [0.15, 0.2) is 0 Å². The van der Waals surface area contributed by atoms with Gasteiger partial charge in [0.1, 0.15) is 0 Å². The van der Waals surface area contributed by atoms with Gasteiger partial charge in [0.2, 0.25) is 0 Å². The van der Waals surface area contributed by atoms with Crippen LogP contribution < -0.4 is 0 Å². The Bertz CT molecular complexity index is 521. The molecule has 0 amide bonds. The minimum atomic E-state index is 0.587. The van der Waals surface area contributed by atoms with E-state index >= 15 is 0 Å². The highest BCUT2D eigenvalue weighted by atomic mass is 32.2. The van der Waals surface area contributed by atoms with Gasteiger partial charge >= 0.3 is 0 Å². The average Bonchev–Trinajstić information content (AvgIpc) is 2.32. The van der Waals surface area contributed by atoms with Crippen molar-refractivity contribution in [2.24, 2.45) is 5.92 Å². The Morgan fingerprint density at radius 2 is 1.68 bits per heavy atom. The summed E-state index contributed by atoms with van der Waals surface area (Å²) < 4.78 is 0. The Labute approximate surface area is 122 Å². The molecule has 1 aromatic carbocycles. The van der Waals surface area contributed by atoms with Crippen LogP contribution in [0.1, 0.15) is 62.8 Å². The number of fused-ring (bicyclic) bond motifs is 1. The maximum absolute atomic E-state index is 2.47. The maximum Gasteiger partial charge on any atom is 0.0252 e. The molecular formula is C18H26S. The molecule has 0 N–H and O–H groups in total. The zero-order valence-electron chi connectivity index (χ0n) is 13.3. The fraction of sp³-hybridized carbons (Fsp3) is 0.556. The molecule has 0 saturated heterocycles. The van der Waals surface area contributed by atoms with Gasteiger partial charge in [0, 0.05) is 10.1 Å². The SMILES string of the molecule is Cc1cc(C(C)C)c2c(c1C)S[C@H](C)C=C2C(C)C. The number of hydrogen-bond donors (Lipinski definition) is 0. The van der Waals surface area contributed by atoms with Crippen molar-refractivity contribution in [2.75, 3.05) is 0 Å². The van der Waals surface area contributed by atoms with Gasteiger partial charge < -0.3 is 0 Å². The molecule has 0 nitrogen and oxygen atoms in total. The highest BCUT2D eigenvalue weighted by Gasteiger charge is 2.25. The summed E-state index contributed by atoms with van der Waals surface area (Å²) in [6, 6.07) is 2.41. The van der Waals surface area contributed by atoms with Crippen molar-refractivity contribution < 1.29 is 0 Å². The fourth-order valence-electron chi connectivity index (χ4n) is 2.85. The Balaban J connectivity index is 2.76. The molecule has 0 unspecified atom stereocenters. The Hall–Kier alpha value is -0.690. The van der Waals surface area contributed by atoms with Gasteiger partial charge in [-0.2, -0.15) is 0 Å². The predicted molar refractivity (Wildman–Crippen MR) is 88.1 cm³/mol. The van der Waals surface area contributed by atoms with Crippen LogP contribution in [0.4, 0.5) is 0 Å². The monoisotopic (exact) mass is 274 g/mol. The first-order valence-corrected chi connectivity index (χ1v) is 8.23. The standard InChI is InChI=1S/C18H26S/c1-10(2)15-8-12(5)14(7)18-17(15)16(11(3)4)9-13(6)19-18/h8-11,13H,1-7H3/t13-/m1/s1. The third-order valence-electron chi connectivity index (χ3n) is 4.07. The number of thioether (sulfide) groups is 1. The first-order valence-electron chi connectivity index (χ1n) is 7.35. The smallest absolute Gasteiger partial charge is 0.0252 e. The van der Waals surface area contributed by atoms with E-state index in [1.807, 2.05) is 11.8 Å². The van der Waals surface area contributed by atoms with Crippen LogP contribution in [0.3, 0.4) is 0 Å². The maximum atomic E-state index is 2.47. The molecule has 2 rings (SSSR count). The van der Waals surface area contributed by atoms with Gasteiger partial charge in [-0.15, -0.1) is 11.8 Å². The lowest BCUT2D eigenvalue weighted by Gasteiger charge is -2.30. The van der Waals surface area contributed by atoms with Crippen molar-refractivity contribution in [3.63, 3.8) is 0 Å². The van der Waals surface area contributed by atoms with Crippen molar-refractivity contribution in [3.8, 4) is 0 Å². The molecule has 1 aliphatic rings. The number of benzene rings is 1. The van der Waals surface area contributed by atoms with Crippen molar-refractivity contribution in [1.29, 1.82) is 0 Å². The largest absolute Gasteiger partial charge is 0.118 e. The molecule has 0 aromatic heterocycles.